The summed E-state index contributed by atoms with van der Waals surface area (Å²) in [5.74, 6) is -0.216. The van der Waals surface area contributed by atoms with Gasteiger partial charge in [0, 0.05) is 18.1 Å². The molecule has 4 rings (SSSR count). The van der Waals surface area contributed by atoms with Crippen LogP contribution in [0.15, 0.2) is 65.9 Å². The second-order valence-corrected chi connectivity index (χ2v) is 7.97. The fourth-order valence-corrected chi connectivity index (χ4v) is 4.12. The van der Waals surface area contributed by atoms with E-state index in [4.69, 9.17) is 4.99 Å². The van der Waals surface area contributed by atoms with Crippen LogP contribution in [0.4, 0.5) is 5.69 Å². The van der Waals surface area contributed by atoms with Crippen molar-refractivity contribution in [2.24, 2.45) is 4.99 Å². The third kappa shape index (κ3) is 3.47. The third-order valence-corrected chi connectivity index (χ3v) is 5.64. The minimum atomic E-state index is -0.396. The lowest BCUT2D eigenvalue weighted by atomic mass is 9.91. The molecule has 1 unspecified atom stereocenters. The lowest BCUT2D eigenvalue weighted by molar-refractivity contribution is 0.102. The zero-order chi connectivity index (χ0) is 19.7. The Morgan fingerprint density at radius 1 is 1.21 bits per heavy atom. The summed E-state index contributed by atoms with van der Waals surface area (Å²) in [7, 11) is 0. The molecule has 0 saturated carbocycles. The zero-order valence-corrected chi connectivity index (χ0v) is 17.0. The minimum Gasteiger partial charge on any atom is -0.343 e. The summed E-state index contributed by atoms with van der Waals surface area (Å²) < 4.78 is 2.24. The molecule has 1 N–H and O–H groups in total. The van der Waals surface area contributed by atoms with Crippen molar-refractivity contribution in [3.63, 3.8) is 0 Å². The number of thioether (sulfide) groups is 1. The first kappa shape index (κ1) is 18.5. The molecule has 1 aromatic carbocycles. The van der Waals surface area contributed by atoms with Gasteiger partial charge in [0.2, 0.25) is 0 Å². The highest BCUT2D eigenvalue weighted by molar-refractivity contribution is 8.13. The third-order valence-electron chi connectivity index (χ3n) is 4.95. The highest BCUT2D eigenvalue weighted by Gasteiger charge is 2.32. The summed E-state index contributed by atoms with van der Waals surface area (Å²) in [6, 6.07) is 15.7. The molecule has 1 atom stereocenters. The van der Waals surface area contributed by atoms with E-state index in [9.17, 15) is 4.79 Å². The van der Waals surface area contributed by atoms with Crippen molar-refractivity contribution in [2.45, 2.75) is 25.9 Å². The first-order valence-electron chi connectivity index (χ1n) is 9.12. The van der Waals surface area contributed by atoms with E-state index in [2.05, 4.69) is 46.2 Å². The number of rotatable bonds is 3. The van der Waals surface area contributed by atoms with Gasteiger partial charge in [-0.2, -0.15) is 0 Å². The molecule has 28 heavy (non-hydrogen) atoms. The van der Waals surface area contributed by atoms with Crippen molar-refractivity contribution in [1.82, 2.24) is 9.55 Å². The van der Waals surface area contributed by atoms with Crippen LogP contribution in [-0.2, 0) is 12.1 Å². The summed E-state index contributed by atoms with van der Waals surface area (Å²) in [4.78, 5) is 21.7. The number of carbonyl (C=O) groups is 1. The van der Waals surface area contributed by atoms with Crippen LogP contribution in [0.2, 0.25) is 0 Å². The van der Waals surface area contributed by atoms with Crippen molar-refractivity contribution in [3.8, 4) is 0 Å². The summed E-state index contributed by atoms with van der Waals surface area (Å²) >= 11 is 1.65. The summed E-state index contributed by atoms with van der Waals surface area (Å²) in [5.41, 5.74) is 3.99. The van der Waals surface area contributed by atoms with Gasteiger partial charge >= 0.3 is 0 Å². The number of amides is 1. The number of benzene rings is 1. The molecule has 0 spiro atoms. The van der Waals surface area contributed by atoms with E-state index >= 15 is 0 Å². The van der Waals surface area contributed by atoms with Gasteiger partial charge in [-0.15, -0.1) is 11.8 Å². The van der Waals surface area contributed by atoms with Gasteiger partial charge in [-0.05, 0) is 61.6 Å². The van der Waals surface area contributed by atoms with E-state index in [0.29, 0.717) is 5.69 Å². The van der Waals surface area contributed by atoms with Crippen LogP contribution in [0.1, 0.15) is 34.2 Å². The van der Waals surface area contributed by atoms with Crippen LogP contribution >= 0.6 is 11.8 Å². The SMILES string of the molecule is CSC1=NC(C)(c2cccc(NC(=O)c3ccc(C)cn3)c2)Cn2cccc21. The van der Waals surface area contributed by atoms with Gasteiger partial charge in [-0.25, -0.2) is 0 Å². The maximum Gasteiger partial charge on any atom is 0.274 e. The Morgan fingerprint density at radius 2 is 2.07 bits per heavy atom. The Balaban J connectivity index is 1.62. The molecule has 1 amide bonds. The number of pyridine rings is 1. The summed E-state index contributed by atoms with van der Waals surface area (Å²) in [6.07, 6.45) is 5.84. The van der Waals surface area contributed by atoms with E-state index < -0.39 is 5.54 Å². The fourth-order valence-electron chi connectivity index (χ4n) is 3.43. The highest BCUT2D eigenvalue weighted by Crippen LogP contribution is 2.35. The monoisotopic (exact) mass is 390 g/mol. The lowest BCUT2D eigenvalue weighted by Crippen LogP contribution is -2.32. The molecule has 2 aromatic heterocycles. The Morgan fingerprint density at radius 3 is 2.82 bits per heavy atom. The average Bonchev–Trinajstić information content (AvgIpc) is 3.16. The van der Waals surface area contributed by atoms with Crippen molar-refractivity contribution >= 4 is 28.4 Å². The number of aryl methyl sites for hydroxylation is 1. The van der Waals surface area contributed by atoms with Gasteiger partial charge in [0.25, 0.3) is 5.91 Å². The average molecular weight is 391 g/mol. The Hall–Kier alpha value is -2.86. The molecule has 0 radical (unpaired) electrons. The van der Waals surface area contributed by atoms with Crippen LogP contribution in [0.3, 0.4) is 0 Å². The smallest absolute Gasteiger partial charge is 0.274 e. The van der Waals surface area contributed by atoms with Crippen LogP contribution in [0.25, 0.3) is 0 Å². The van der Waals surface area contributed by atoms with E-state index in [-0.39, 0.29) is 5.91 Å². The first-order chi connectivity index (χ1) is 13.5. The van der Waals surface area contributed by atoms with E-state index in [1.54, 1.807) is 24.0 Å². The normalized spacial score (nSPS) is 18.3. The first-order valence-corrected chi connectivity index (χ1v) is 10.3. The maximum absolute atomic E-state index is 12.5. The predicted molar refractivity (Wildman–Crippen MR) is 115 cm³/mol. The zero-order valence-electron chi connectivity index (χ0n) is 16.1. The molecule has 0 aliphatic carbocycles. The Bertz CT molecular complexity index is 1050. The van der Waals surface area contributed by atoms with E-state index in [1.807, 2.05) is 37.4 Å². The maximum atomic E-state index is 12.5. The molecule has 0 bridgehead atoms. The summed E-state index contributed by atoms with van der Waals surface area (Å²) in [5, 5.41) is 3.98. The molecule has 0 saturated heterocycles. The van der Waals surface area contributed by atoms with E-state index in [0.717, 1.165) is 34.1 Å². The standard InChI is InChI=1S/C22H22N4OS/c1-15-9-10-18(23-13-15)20(27)24-17-7-4-6-16(12-17)22(2)14-26-11-5-8-19(26)21(25-22)28-3/h4-13H,14H2,1-3H3,(H,24,27). The Labute approximate surface area is 168 Å². The molecule has 1 aliphatic rings. The summed E-state index contributed by atoms with van der Waals surface area (Å²) in [6.45, 7) is 4.84. The Kier molecular flexibility index (Phi) is 4.81. The van der Waals surface area contributed by atoms with Crippen molar-refractivity contribution in [3.05, 3.63) is 83.4 Å². The second kappa shape index (κ2) is 7.28. The molecular formula is C22H22N4OS. The molecule has 142 valence electrons. The van der Waals surface area contributed by atoms with Crippen LogP contribution < -0.4 is 5.32 Å². The molecule has 5 nitrogen and oxygen atoms in total. The fraction of sp³-hybridized carbons (Fsp3) is 0.227. The number of anilines is 1. The number of hydrogen-bond donors (Lipinski definition) is 1. The number of nitrogens with zero attached hydrogens (tertiary/aromatic N) is 3. The van der Waals surface area contributed by atoms with Crippen LogP contribution in [-0.4, -0.2) is 26.8 Å². The predicted octanol–water partition coefficient (Wildman–Crippen LogP) is 4.48. The number of hydrogen-bond acceptors (Lipinski definition) is 4. The quantitative estimate of drug-likeness (QED) is 0.717. The van der Waals surface area contributed by atoms with Gasteiger partial charge in [0.05, 0.1) is 12.2 Å². The molecular weight excluding hydrogens is 368 g/mol. The molecule has 3 heterocycles. The number of fused-ring (bicyclic) bond motifs is 1. The van der Waals surface area contributed by atoms with Crippen molar-refractivity contribution in [1.29, 1.82) is 0 Å². The van der Waals surface area contributed by atoms with Gasteiger partial charge in [-0.1, -0.05) is 18.2 Å². The van der Waals surface area contributed by atoms with Gasteiger partial charge in [0.1, 0.15) is 16.3 Å². The van der Waals surface area contributed by atoms with Gasteiger partial charge < -0.3 is 9.88 Å². The van der Waals surface area contributed by atoms with Crippen molar-refractivity contribution < 1.29 is 4.79 Å². The number of aromatic nitrogens is 2. The molecule has 1 aliphatic heterocycles. The van der Waals surface area contributed by atoms with Crippen LogP contribution in [0, 0.1) is 6.92 Å². The van der Waals surface area contributed by atoms with E-state index in [1.165, 1.54) is 0 Å². The number of aliphatic imine (C=N–C) groups is 1. The molecule has 0 fully saturated rings. The minimum absolute atomic E-state index is 0.216. The molecule has 6 heteroatoms. The molecule has 3 aromatic rings. The highest BCUT2D eigenvalue weighted by atomic mass is 32.2. The number of nitrogens with one attached hydrogen (secondary N) is 1. The van der Waals surface area contributed by atoms with Crippen LogP contribution in [0.5, 0.6) is 0 Å². The number of carbonyl (C=O) groups excluding carboxylic acids is 1. The van der Waals surface area contributed by atoms with Gasteiger partial charge in [0.15, 0.2) is 0 Å². The van der Waals surface area contributed by atoms with Crippen molar-refractivity contribution in [2.75, 3.05) is 11.6 Å². The topological polar surface area (TPSA) is 59.3 Å². The second-order valence-electron chi connectivity index (χ2n) is 7.17. The largest absolute Gasteiger partial charge is 0.343 e. The lowest BCUT2D eigenvalue weighted by Gasteiger charge is -2.32. The van der Waals surface area contributed by atoms with Gasteiger partial charge in [-0.3, -0.25) is 14.8 Å².